The average molecular weight is 712 g/mol. The van der Waals surface area contributed by atoms with E-state index in [0.29, 0.717) is 19.3 Å². The normalized spacial score (nSPS) is 14.2. The quantitative estimate of drug-likeness (QED) is 0.171. The van der Waals surface area contributed by atoms with E-state index < -0.39 is 53.9 Å². The van der Waals surface area contributed by atoms with Gasteiger partial charge in [0.05, 0.1) is 0 Å². The van der Waals surface area contributed by atoms with Crippen LogP contribution >= 0.6 is 0 Å². The first-order valence-electron chi connectivity index (χ1n) is 17.7. The smallest absolute Gasteiger partial charge is 0.326 e. The molecule has 0 radical (unpaired) electrons. The van der Waals surface area contributed by atoms with Crippen molar-refractivity contribution < 1.29 is 33.9 Å². The minimum atomic E-state index is -1.17. The Balaban J connectivity index is 3.28. The van der Waals surface area contributed by atoms with E-state index in [0.717, 1.165) is 10.5 Å². The number of carboxylic acids is 1. The highest BCUT2D eigenvalue weighted by atomic mass is 16.4. The molecule has 284 valence electrons. The predicted octanol–water partition coefficient (Wildman–Crippen LogP) is 3.63. The Bertz CT molecular complexity index is 1390. The third-order valence-electron chi connectivity index (χ3n) is 9.61. The summed E-state index contributed by atoms with van der Waals surface area (Å²) in [4.78, 5) is 87.8. The number of terminal acetylenes is 1. The lowest BCUT2D eigenvalue weighted by molar-refractivity contribution is -0.158. The van der Waals surface area contributed by atoms with Gasteiger partial charge in [0.2, 0.25) is 29.5 Å². The van der Waals surface area contributed by atoms with Crippen molar-refractivity contribution in [2.45, 2.75) is 111 Å². The number of rotatable bonds is 19. The fourth-order valence-electron chi connectivity index (χ4n) is 6.46. The first-order valence-corrected chi connectivity index (χ1v) is 17.7. The lowest BCUT2D eigenvalue weighted by Crippen LogP contribution is -2.61. The van der Waals surface area contributed by atoms with Crippen molar-refractivity contribution in [1.82, 2.24) is 24.5 Å². The highest BCUT2D eigenvalue weighted by Crippen LogP contribution is 2.23. The number of carbonyl (C=O) groups excluding carboxylic acids is 5. The molecule has 0 heterocycles. The van der Waals surface area contributed by atoms with Gasteiger partial charge in [-0.15, -0.1) is 12.3 Å². The van der Waals surface area contributed by atoms with E-state index in [1.165, 1.54) is 47.7 Å². The number of amides is 5. The zero-order chi connectivity index (χ0) is 39.3. The van der Waals surface area contributed by atoms with Crippen LogP contribution in [-0.2, 0) is 35.2 Å². The molecule has 0 spiro atoms. The van der Waals surface area contributed by atoms with Gasteiger partial charge in [0.25, 0.3) is 0 Å². The van der Waals surface area contributed by atoms with Gasteiger partial charge in [-0.25, -0.2) is 4.79 Å². The lowest BCUT2D eigenvalue weighted by atomic mass is 9.94. The Morgan fingerprint density at radius 3 is 1.47 bits per heavy atom. The SMILES string of the molecule is C#CCCCCC(=O)N(C)[C@H](C(=O)N(C)[C@H](C(=O)N(C)[C@H](C(=O)N(C)[C@@H](C)C(=O)N(C)[C@@H](Cc1ccccc1)C(=O)O)C(C)C)C(C)C)C(C)C. The van der Waals surface area contributed by atoms with E-state index in [1.807, 2.05) is 33.8 Å². The fraction of sp³-hybridized carbons (Fsp3) is 0.641. The number of likely N-dealkylation sites (N-methyl/N-ethyl adjacent to an activating group) is 5. The van der Waals surface area contributed by atoms with E-state index in [4.69, 9.17) is 6.42 Å². The highest BCUT2D eigenvalue weighted by Gasteiger charge is 2.43. The summed E-state index contributed by atoms with van der Waals surface area (Å²) in [6.45, 7) is 12.4. The summed E-state index contributed by atoms with van der Waals surface area (Å²) in [5.74, 6) is -1.69. The molecule has 12 heteroatoms. The van der Waals surface area contributed by atoms with Crippen LogP contribution in [0.15, 0.2) is 30.3 Å². The van der Waals surface area contributed by atoms with Crippen molar-refractivity contribution in [2.24, 2.45) is 17.8 Å². The van der Waals surface area contributed by atoms with Gasteiger partial charge in [0, 0.05) is 54.5 Å². The first-order chi connectivity index (χ1) is 23.7. The largest absolute Gasteiger partial charge is 0.480 e. The molecule has 0 aromatic heterocycles. The molecular weight excluding hydrogens is 650 g/mol. The molecule has 0 aliphatic rings. The summed E-state index contributed by atoms with van der Waals surface area (Å²) in [6, 6.07) is 4.00. The van der Waals surface area contributed by atoms with Crippen LogP contribution in [0.25, 0.3) is 0 Å². The van der Waals surface area contributed by atoms with Crippen LogP contribution in [0.1, 0.15) is 79.7 Å². The number of hydrogen-bond donors (Lipinski definition) is 1. The van der Waals surface area contributed by atoms with Crippen LogP contribution in [0.3, 0.4) is 0 Å². The van der Waals surface area contributed by atoms with Crippen molar-refractivity contribution in [3.63, 3.8) is 0 Å². The molecule has 12 nitrogen and oxygen atoms in total. The summed E-state index contributed by atoms with van der Waals surface area (Å²) >= 11 is 0. The number of aliphatic carboxylic acids is 1. The van der Waals surface area contributed by atoms with Crippen molar-refractivity contribution in [2.75, 3.05) is 35.2 Å². The van der Waals surface area contributed by atoms with Crippen molar-refractivity contribution in [3.8, 4) is 12.3 Å². The van der Waals surface area contributed by atoms with Gasteiger partial charge >= 0.3 is 5.97 Å². The number of nitrogens with zero attached hydrogens (tertiary/aromatic N) is 5. The number of carboxylic acid groups (broad SMARTS) is 1. The number of benzene rings is 1. The van der Waals surface area contributed by atoms with Crippen LogP contribution < -0.4 is 0 Å². The number of hydrogen-bond acceptors (Lipinski definition) is 6. The van der Waals surface area contributed by atoms with Gasteiger partial charge in [0.15, 0.2) is 0 Å². The van der Waals surface area contributed by atoms with Crippen LogP contribution in [0.4, 0.5) is 0 Å². The Morgan fingerprint density at radius 1 is 0.627 bits per heavy atom. The van der Waals surface area contributed by atoms with Gasteiger partial charge < -0.3 is 29.6 Å². The molecule has 1 N–H and O–H groups in total. The summed E-state index contributed by atoms with van der Waals surface area (Å²) in [5.41, 5.74) is 0.749. The molecular formula is C39H61N5O7. The summed E-state index contributed by atoms with van der Waals surface area (Å²) in [6.07, 6.45) is 7.55. The molecule has 0 aliphatic heterocycles. The molecule has 0 fully saturated rings. The molecule has 5 amide bonds. The zero-order valence-electron chi connectivity index (χ0n) is 32.8. The maximum atomic E-state index is 14.3. The van der Waals surface area contributed by atoms with E-state index in [1.54, 1.807) is 52.2 Å². The highest BCUT2D eigenvalue weighted by molar-refractivity contribution is 5.96. The zero-order valence-corrected chi connectivity index (χ0v) is 32.8. The average Bonchev–Trinajstić information content (AvgIpc) is 3.07. The Labute approximate surface area is 305 Å². The monoisotopic (exact) mass is 711 g/mol. The molecule has 1 aromatic rings. The maximum absolute atomic E-state index is 14.3. The molecule has 1 rings (SSSR count). The van der Waals surface area contributed by atoms with Crippen molar-refractivity contribution in [3.05, 3.63) is 35.9 Å². The third-order valence-corrected chi connectivity index (χ3v) is 9.61. The molecule has 0 aliphatic carbocycles. The molecule has 0 bridgehead atoms. The lowest BCUT2D eigenvalue weighted by Gasteiger charge is -2.41. The first kappa shape index (κ1) is 44.6. The van der Waals surface area contributed by atoms with Crippen molar-refractivity contribution in [1.29, 1.82) is 0 Å². The standard InChI is InChI=1S/C39H61N5O7/c1-14-15-16-20-23-31(45)42(11)32(25(2)3)37(48)44(13)34(27(6)7)38(49)43(12)33(26(4)5)36(47)40(9)28(8)35(46)41(10)30(39(50)51)24-29-21-18-17-19-22-29/h1,17-19,21-22,25-28,30,32-34H,15-16,20,23-24H2,2-13H3,(H,50,51)/t28-,30-,32-,33-,34-/m0/s1. The van der Waals surface area contributed by atoms with E-state index in [9.17, 15) is 33.9 Å². The van der Waals surface area contributed by atoms with E-state index in [-0.39, 0.29) is 42.4 Å². The minimum Gasteiger partial charge on any atom is -0.480 e. The van der Waals surface area contributed by atoms with Gasteiger partial charge in [0.1, 0.15) is 30.2 Å². The van der Waals surface area contributed by atoms with Gasteiger partial charge in [-0.05, 0) is 43.1 Å². The third kappa shape index (κ3) is 11.8. The molecule has 5 atom stereocenters. The van der Waals surface area contributed by atoms with Crippen LogP contribution in [-0.4, -0.2) is 131 Å². The maximum Gasteiger partial charge on any atom is 0.326 e. The second kappa shape index (κ2) is 20.4. The van der Waals surface area contributed by atoms with Gasteiger partial charge in [-0.3, -0.25) is 24.0 Å². The molecule has 0 saturated heterocycles. The predicted molar refractivity (Wildman–Crippen MR) is 198 cm³/mol. The van der Waals surface area contributed by atoms with E-state index in [2.05, 4.69) is 5.92 Å². The van der Waals surface area contributed by atoms with Crippen LogP contribution in [0, 0.1) is 30.1 Å². The van der Waals surface area contributed by atoms with E-state index >= 15 is 0 Å². The molecule has 0 saturated carbocycles. The Kier molecular flexibility index (Phi) is 17.9. The molecule has 51 heavy (non-hydrogen) atoms. The number of carbonyl (C=O) groups is 6. The summed E-state index contributed by atoms with van der Waals surface area (Å²) in [7, 11) is 7.52. The second-order valence-electron chi connectivity index (χ2n) is 14.5. The molecule has 1 aromatic carbocycles. The molecule has 0 unspecified atom stereocenters. The van der Waals surface area contributed by atoms with Gasteiger partial charge in [-0.1, -0.05) is 71.9 Å². The van der Waals surface area contributed by atoms with Gasteiger partial charge in [-0.2, -0.15) is 0 Å². The topological polar surface area (TPSA) is 139 Å². The van der Waals surface area contributed by atoms with Crippen LogP contribution in [0.5, 0.6) is 0 Å². The second-order valence-corrected chi connectivity index (χ2v) is 14.5. The van der Waals surface area contributed by atoms with Crippen molar-refractivity contribution >= 4 is 35.5 Å². The fourth-order valence-corrected chi connectivity index (χ4v) is 6.46. The number of unbranched alkanes of at least 4 members (excludes halogenated alkanes) is 2. The Hall–Kier alpha value is -4.40. The van der Waals surface area contributed by atoms with Crippen LogP contribution in [0.2, 0.25) is 0 Å². The Morgan fingerprint density at radius 2 is 1.06 bits per heavy atom. The summed E-state index contributed by atoms with van der Waals surface area (Å²) < 4.78 is 0. The summed E-state index contributed by atoms with van der Waals surface area (Å²) in [5, 5.41) is 9.96. The minimum absolute atomic E-state index is 0.0889.